The fourth-order valence-electron chi connectivity index (χ4n) is 3.68. The zero-order valence-corrected chi connectivity index (χ0v) is 11.9. The van der Waals surface area contributed by atoms with E-state index in [4.69, 9.17) is 0 Å². The average molecular weight is 251 g/mol. The first-order valence-corrected chi connectivity index (χ1v) is 8.08. The first kappa shape index (κ1) is 12.9. The Morgan fingerprint density at radius 2 is 2.06 bits per heavy atom. The van der Waals surface area contributed by atoms with Gasteiger partial charge in [0.15, 0.2) is 0 Å². The molecule has 0 spiro atoms. The van der Waals surface area contributed by atoms with Crippen LogP contribution in [0.1, 0.15) is 45.4 Å². The Labute approximate surface area is 112 Å². The summed E-state index contributed by atoms with van der Waals surface area (Å²) in [5.74, 6) is 0. The molecule has 0 bridgehead atoms. The summed E-state index contributed by atoms with van der Waals surface area (Å²) >= 11 is 0. The van der Waals surface area contributed by atoms with E-state index in [1.54, 1.807) is 0 Å². The van der Waals surface area contributed by atoms with Gasteiger partial charge in [0.2, 0.25) is 0 Å². The highest BCUT2D eigenvalue weighted by molar-refractivity contribution is 4.91. The molecule has 0 amide bonds. The quantitative estimate of drug-likeness (QED) is 0.775. The minimum Gasteiger partial charge on any atom is -0.312 e. The van der Waals surface area contributed by atoms with Crippen molar-refractivity contribution >= 4 is 0 Å². The second-order valence-electron chi connectivity index (χ2n) is 6.45. The Kier molecular flexibility index (Phi) is 4.22. The fraction of sp³-hybridized carbons (Fsp3) is 1.00. The van der Waals surface area contributed by atoms with Crippen molar-refractivity contribution in [3.63, 3.8) is 0 Å². The van der Waals surface area contributed by atoms with Gasteiger partial charge in [-0.15, -0.1) is 0 Å². The second kappa shape index (κ2) is 5.89. The van der Waals surface area contributed by atoms with Gasteiger partial charge < -0.3 is 5.32 Å². The van der Waals surface area contributed by atoms with E-state index in [2.05, 4.69) is 22.0 Å². The molecule has 3 aliphatic rings. The van der Waals surface area contributed by atoms with Crippen molar-refractivity contribution in [2.24, 2.45) is 0 Å². The number of piperazine rings is 1. The molecular weight excluding hydrogens is 222 g/mol. The van der Waals surface area contributed by atoms with Crippen LogP contribution in [0.4, 0.5) is 0 Å². The largest absolute Gasteiger partial charge is 0.312 e. The highest BCUT2D eigenvalue weighted by Crippen LogP contribution is 2.24. The highest BCUT2D eigenvalue weighted by atomic mass is 15.3. The molecule has 1 aliphatic carbocycles. The van der Waals surface area contributed by atoms with Crippen molar-refractivity contribution in [1.82, 2.24) is 15.1 Å². The molecule has 3 heteroatoms. The number of fused-ring (bicyclic) bond motifs is 1. The van der Waals surface area contributed by atoms with Crippen LogP contribution in [0.5, 0.6) is 0 Å². The van der Waals surface area contributed by atoms with Gasteiger partial charge in [-0.3, -0.25) is 9.80 Å². The maximum atomic E-state index is 3.74. The predicted octanol–water partition coefficient (Wildman–Crippen LogP) is 1.69. The number of rotatable bonds is 6. The van der Waals surface area contributed by atoms with Crippen molar-refractivity contribution in [3.05, 3.63) is 0 Å². The molecule has 104 valence electrons. The fourth-order valence-corrected chi connectivity index (χ4v) is 3.68. The molecule has 0 radical (unpaired) electrons. The van der Waals surface area contributed by atoms with Gasteiger partial charge in [-0.2, -0.15) is 0 Å². The van der Waals surface area contributed by atoms with E-state index in [0.29, 0.717) is 0 Å². The van der Waals surface area contributed by atoms with E-state index < -0.39 is 0 Å². The lowest BCUT2D eigenvalue weighted by molar-refractivity contribution is 0.0675. The lowest BCUT2D eigenvalue weighted by Gasteiger charge is -2.41. The third-order valence-electron chi connectivity index (χ3n) is 4.98. The van der Waals surface area contributed by atoms with Gasteiger partial charge in [-0.25, -0.2) is 0 Å². The first-order valence-electron chi connectivity index (χ1n) is 8.08. The Hall–Kier alpha value is -0.120. The third kappa shape index (κ3) is 3.06. The van der Waals surface area contributed by atoms with Crippen LogP contribution in [0.3, 0.4) is 0 Å². The summed E-state index contributed by atoms with van der Waals surface area (Å²) in [6.45, 7) is 8.86. The molecule has 0 aromatic rings. The molecule has 2 heterocycles. The summed E-state index contributed by atoms with van der Waals surface area (Å²) < 4.78 is 0. The van der Waals surface area contributed by atoms with E-state index in [-0.39, 0.29) is 0 Å². The van der Waals surface area contributed by atoms with Gasteiger partial charge in [0.25, 0.3) is 0 Å². The van der Waals surface area contributed by atoms with Crippen LogP contribution in [0.15, 0.2) is 0 Å². The summed E-state index contributed by atoms with van der Waals surface area (Å²) in [4.78, 5) is 5.50. The zero-order valence-electron chi connectivity index (χ0n) is 11.9. The Balaban J connectivity index is 1.51. The summed E-state index contributed by atoms with van der Waals surface area (Å²) in [5.41, 5.74) is 0. The molecule has 3 fully saturated rings. The molecule has 1 N–H and O–H groups in total. The van der Waals surface area contributed by atoms with E-state index in [1.807, 2.05) is 0 Å². The van der Waals surface area contributed by atoms with Gasteiger partial charge in [-0.05, 0) is 38.6 Å². The zero-order chi connectivity index (χ0) is 12.4. The molecule has 2 unspecified atom stereocenters. The maximum Gasteiger partial charge on any atom is 0.0224 e. The van der Waals surface area contributed by atoms with Crippen LogP contribution in [-0.4, -0.2) is 60.6 Å². The molecule has 2 saturated heterocycles. The van der Waals surface area contributed by atoms with Crippen LogP contribution in [0.25, 0.3) is 0 Å². The van der Waals surface area contributed by atoms with E-state index in [1.165, 1.54) is 71.2 Å². The lowest BCUT2D eigenvalue weighted by atomic mass is 10.1. The summed E-state index contributed by atoms with van der Waals surface area (Å²) in [6, 6.07) is 2.52. The molecule has 18 heavy (non-hydrogen) atoms. The summed E-state index contributed by atoms with van der Waals surface area (Å²) in [7, 11) is 0. The number of hydrogen-bond acceptors (Lipinski definition) is 3. The van der Waals surface area contributed by atoms with Crippen LogP contribution in [0, 0.1) is 0 Å². The van der Waals surface area contributed by atoms with Gasteiger partial charge in [0.1, 0.15) is 0 Å². The number of nitrogens with one attached hydrogen (secondary N) is 1. The topological polar surface area (TPSA) is 18.5 Å². The van der Waals surface area contributed by atoms with Crippen LogP contribution in [-0.2, 0) is 0 Å². The molecule has 2 aliphatic heterocycles. The van der Waals surface area contributed by atoms with Crippen LogP contribution in [0.2, 0.25) is 0 Å². The Morgan fingerprint density at radius 3 is 2.83 bits per heavy atom. The molecule has 2 atom stereocenters. The maximum absolute atomic E-state index is 3.74. The summed E-state index contributed by atoms with van der Waals surface area (Å²) in [5, 5.41) is 3.74. The normalized spacial score (nSPS) is 31.5. The monoisotopic (exact) mass is 251 g/mol. The number of hydrogen-bond donors (Lipinski definition) is 1. The van der Waals surface area contributed by atoms with Crippen molar-refractivity contribution < 1.29 is 0 Å². The smallest absolute Gasteiger partial charge is 0.0224 e. The molecule has 3 rings (SSSR count). The van der Waals surface area contributed by atoms with Crippen molar-refractivity contribution in [1.29, 1.82) is 0 Å². The minimum atomic E-state index is 0.790. The minimum absolute atomic E-state index is 0.790. The standard InChI is InChI=1S/C15H29N3/c1-2-4-14(11-16-13-6-7-13)18-10-9-17-8-3-5-15(17)12-18/h13-16H,2-12H2,1H3. The first-order chi connectivity index (χ1) is 8.86. The van der Waals surface area contributed by atoms with Gasteiger partial charge in [0.05, 0.1) is 0 Å². The third-order valence-corrected chi connectivity index (χ3v) is 4.98. The molecule has 3 nitrogen and oxygen atoms in total. The molecule has 1 saturated carbocycles. The SMILES string of the molecule is CCCC(CNC1CC1)N1CCN2CCCC2C1. The Morgan fingerprint density at radius 1 is 1.17 bits per heavy atom. The average Bonchev–Trinajstić information content (AvgIpc) is 3.10. The van der Waals surface area contributed by atoms with Gasteiger partial charge in [0, 0.05) is 44.3 Å². The Bertz CT molecular complexity index is 264. The van der Waals surface area contributed by atoms with Crippen molar-refractivity contribution in [2.75, 3.05) is 32.7 Å². The highest BCUT2D eigenvalue weighted by Gasteiger charge is 2.33. The molecule has 0 aromatic carbocycles. The van der Waals surface area contributed by atoms with Crippen molar-refractivity contribution in [2.45, 2.75) is 63.6 Å². The van der Waals surface area contributed by atoms with E-state index in [9.17, 15) is 0 Å². The number of nitrogens with zero attached hydrogens (tertiary/aromatic N) is 2. The van der Waals surface area contributed by atoms with Crippen LogP contribution >= 0.6 is 0 Å². The van der Waals surface area contributed by atoms with E-state index in [0.717, 1.165) is 18.1 Å². The summed E-state index contributed by atoms with van der Waals surface area (Å²) in [6.07, 6.45) is 8.38. The molecular formula is C15H29N3. The van der Waals surface area contributed by atoms with Gasteiger partial charge >= 0.3 is 0 Å². The van der Waals surface area contributed by atoms with Gasteiger partial charge in [-0.1, -0.05) is 13.3 Å². The second-order valence-corrected chi connectivity index (χ2v) is 6.45. The van der Waals surface area contributed by atoms with Crippen LogP contribution < -0.4 is 5.32 Å². The lowest BCUT2D eigenvalue weighted by Crippen LogP contribution is -2.55. The van der Waals surface area contributed by atoms with Crippen molar-refractivity contribution in [3.8, 4) is 0 Å². The predicted molar refractivity (Wildman–Crippen MR) is 75.9 cm³/mol. The van der Waals surface area contributed by atoms with E-state index >= 15 is 0 Å². The molecule has 0 aromatic heterocycles.